The van der Waals surface area contributed by atoms with Crippen molar-refractivity contribution in [3.8, 4) is 0 Å². The van der Waals surface area contributed by atoms with Crippen LogP contribution in [0.5, 0.6) is 0 Å². The van der Waals surface area contributed by atoms with Crippen LogP contribution in [0.4, 0.5) is 0 Å². The summed E-state index contributed by atoms with van der Waals surface area (Å²) in [5.41, 5.74) is 1.18. The lowest BCUT2D eigenvalue weighted by Gasteiger charge is -2.14. The molecule has 15 heavy (non-hydrogen) atoms. The lowest BCUT2D eigenvalue weighted by molar-refractivity contribution is 0.424. The first-order valence-electron chi connectivity index (χ1n) is 6.14. The van der Waals surface area contributed by atoms with E-state index in [9.17, 15) is 0 Å². The summed E-state index contributed by atoms with van der Waals surface area (Å²) in [6.45, 7) is 2.09. The van der Waals surface area contributed by atoms with Gasteiger partial charge in [-0.3, -0.25) is 5.10 Å². The molecule has 2 N–H and O–H groups in total. The number of aromatic amines is 1. The fraction of sp³-hybridized carbons (Fsp3) is 0.750. The first kappa shape index (κ1) is 10.7. The van der Waals surface area contributed by atoms with Gasteiger partial charge in [-0.2, -0.15) is 5.10 Å². The van der Waals surface area contributed by atoms with Crippen LogP contribution in [0.1, 0.15) is 44.2 Å². The highest BCUT2D eigenvalue weighted by Gasteiger charge is 2.11. The maximum Gasteiger partial charge on any atom is 0.0490 e. The molecule has 0 amide bonds. The third kappa shape index (κ3) is 3.67. The number of nitrogens with one attached hydrogen (secondary N) is 2. The number of nitrogens with zero attached hydrogens (tertiary/aromatic N) is 1. The van der Waals surface area contributed by atoms with Crippen molar-refractivity contribution in [1.82, 2.24) is 15.5 Å². The average molecular weight is 207 g/mol. The van der Waals surface area contributed by atoms with Crippen molar-refractivity contribution in [2.75, 3.05) is 6.54 Å². The van der Waals surface area contributed by atoms with E-state index < -0.39 is 0 Å². The molecule has 1 aromatic heterocycles. The maximum atomic E-state index is 3.94. The molecule has 1 saturated carbocycles. The van der Waals surface area contributed by atoms with Gasteiger partial charge in [0.05, 0.1) is 0 Å². The van der Waals surface area contributed by atoms with Gasteiger partial charge in [0.15, 0.2) is 0 Å². The van der Waals surface area contributed by atoms with Crippen LogP contribution in [-0.2, 0) is 6.54 Å². The molecule has 0 bridgehead atoms. The Kier molecular flexibility index (Phi) is 4.21. The monoisotopic (exact) mass is 207 g/mol. The van der Waals surface area contributed by atoms with Gasteiger partial charge in [0.1, 0.15) is 0 Å². The van der Waals surface area contributed by atoms with Crippen molar-refractivity contribution < 1.29 is 0 Å². The van der Waals surface area contributed by atoms with Gasteiger partial charge >= 0.3 is 0 Å². The molecule has 1 aromatic rings. The van der Waals surface area contributed by atoms with Crippen LogP contribution < -0.4 is 5.32 Å². The number of aromatic nitrogens is 2. The van der Waals surface area contributed by atoms with Gasteiger partial charge in [0.25, 0.3) is 0 Å². The van der Waals surface area contributed by atoms with Crippen LogP contribution in [0.25, 0.3) is 0 Å². The fourth-order valence-corrected chi connectivity index (χ4v) is 2.36. The highest BCUT2D eigenvalue weighted by Crippen LogP contribution is 2.22. The molecule has 0 atom stereocenters. The Labute approximate surface area is 91.7 Å². The van der Waals surface area contributed by atoms with Crippen LogP contribution in [0, 0.1) is 5.92 Å². The summed E-state index contributed by atoms with van der Waals surface area (Å²) in [4.78, 5) is 0. The Morgan fingerprint density at radius 1 is 1.27 bits per heavy atom. The highest BCUT2D eigenvalue weighted by atomic mass is 15.1. The summed E-state index contributed by atoms with van der Waals surface area (Å²) in [5, 5.41) is 10.4. The fourth-order valence-electron chi connectivity index (χ4n) is 2.36. The molecule has 0 saturated heterocycles. The van der Waals surface area contributed by atoms with Crippen molar-refractivity contribution in [3.05, 3.63) is 18.0 Å². The van der Waals surface area contributed by atoms with Crippen molar-refractivity contribution in [1.29, 1.82) is 0 Å². The predicted molar refractivity (Wildman–Crippen MR) is 61.5 cm³/mol. The molecule has 0 unspecified atom stereocenters. The SMILES string of the molecule is c1cc(CNCC2CCCCCC2)[nH]n1. The van der Waals surface area contributed by atoms with Gasteiger partial charge in [-0.1, -0.05) is 25.7 Å². The van der Waals surface area contributed by atoms with Crippen LogP contribution in [-0.4, -0.2) is 16.7 Å². The van der Waals surface area contributed by atoms with Gasteiger partial charge in [-0.25, -0.2) is 0 Å². The maximum absolute atomic E-state index is 3.94. The second kappa shape index (κ2) is 5.91. The minimum Gasteiger partial charge on any atom is -0.311 e. The van der Waals surface area contributed by atoms with Gasteiger partial charge < -0.3 is 5.32 Å². The summed E-state index contributed by atoms with van der Waals surface area (Å²) >= 11 is 0. The van der Waals surface area contributed by atoms with E-state index in [1.807, 2.05) is 12.3 Å². The zero-order chi connectivity index (χ0) is 10.3. The van der Waals surface area contributed by atoms with E-state index in [4.69, 9.17) is 0 Å². The standard InChI is InChI=1S/C12H21N3/c1-2-4-6-11(5-3-1)9-13-10-12-7-8-14-15-12/h7-8,11,13H,1-6,9-10H2,(H,14,15). The number of rotatable bonds is 4. The molecular weight excluding hydrogens is 186 g/mol. The molecule has 84 valence electrons. The Balaban J connectivity index is 1.64. The largest absolute Gasteiger partial charge is 0.311 e. The molecule has 2 rings (SSSR count). The lowest BCUT2D eigenvalue weighted by Crippen LogP contribution is -2.22. The van der Waals surface area contributed by atoms with E-state index in [2.05, 4.69) is 15.5 Å². The van der Waals surface area contributed by atoms with Gasteiger partial charge in [-0.05, 0) is 31.4 Å². The first-order valence-corrected chi connectivity index (χ1v) is 6.14. The van der Waals surface area contributed by atoms with Crippen LogP contribution in [0.3, 0.4) is 0 Å². The van der Waals surface area contributed by atoms with E-state index in [0.29, 0.717) is 0 Å². The van der Waals surface area contributed by atoms with E-state index in [-0.39, 0.29) is 0 Å². The molecule has 3 heteroatoms. The molecule has 1 aliphatic rings. The predicted octanol–water partition coefficient (Wildman–Crippen LogP) is 2.47. The molecule has 0 aromatic carbocycles. The molecule has 1 heterocycles. The molecule has 1 fully saturated rings. The Bertz CT molecular complexity index is 248. The summed E-state index contributed by atoms with van der Waals surface area (Å²) < 4.78 is 0. The number of hydrogen-bond donors (Lipinski definition) is 2. The zero-order valence-electron chi connectivity index (χ0n) is 9.34. The van der Waals surface area contributed by atoms with E-state index in [1.165, 1.54) is 50.8 Å². The summed E-state index contributed by atoms with van der Waals surface area (Å²) in [6, 6.07) is 2.03. The summed E-state index contributed by atoms with van der Waals surface area (Å²) in [7, 11) is 0. The molecule has 0 aliphatic heterocycles. The zero-order valence-corrected chi connectivity index (χ0v) is 9.34. The molecule has 0 radical (unpaired) electrons. The number of H-pyrrole nitrogens is 1. The highest BCUT2D eigenvalue weighted by molar-refractivity contribution is 4.96. The van der Waals surface area contributed by atoms with Gasteiger partial charge in [0.2, 0.25) is 0 Å². The second-order valence-electron chi connectivity index (χ2n) is 4.57. The minimum absolute atomic E-state index is 0.899. The van der Waals surface area contributed by atoms with Crippen LogP contribution >= 0.6 is 0 Å². The normalized spacial score (nSPS) is 18.9. The topological polar surface area (TPSA) is 40.7 Å². The number of hydrogen-bond acceptors (Lipinski definition) is 2. The Morgan fingerprint density at radius 2 is 2.07 bits per heavy atom. The van der Waals surface area contributed by atoms with E-state index in [0.717, 1.165) is 12.5 Å². The Morgan fingerprint density at radius 3 is 2.73 bits per heavy atom. The third-order valence-electron chi connectivity index (χ3n) is 3.28. The van der Waals surface area contributed by atoms with Crippen molar-refractivity contribution >= 4 is 0 Å². The quantitative estimate of drug-likeness (QED) is 0.745. The Hall–Kier alpha value is -0.830. The first-order chi connectivity index (χ1) is 7.45. The molecular formula is C12H21N3. The molecule has 1 aliphatic carbocycles. The van der Waals surface area contributed by atoms with Crippen LogP contribution in [0.2, 0.25) is 0 Å². The summed E-state index contributed by atoms with van der Waals surface area (Å²) in [5.74, 6) is 0.899. The van der Waals surface area contributed by atoms with Crippen LogP contribution in [0.15, 0.2) is 12.3 Å². The van der Waals surface area contributed by atoms with Crippen molar-refractivity contribution in [3.63, 3.8) is 0 Å². The minimum atomic E-state index is 0.899. The van der Waals surface area contributed by atoms with Crippen molar-refractivity contribution in [2.45, 2.75) is 45.1 Å². The summed E-state index contributed by atoms with van der Waals surface area (Å²) in [6.07, 6.45) is 10.4. The lowest BCUT2D eigenvalue weighted by atomic mass is 10.0. The molecule has 3 nitrogen and oxygen atoms in total. The third-order valence-corrected chi connectivity index (χ3v) is 3.28. The van der Waals surface area contributed by atoms with E-state index >= 15 is 0 Å². The van der Waals surface area contributed by atoms with E-state index in [1.54, 1.807) is 0 Å². The van der Waals surface area contributed by atoms with Gasteiger partial charge in [-0.15, -0.1) is 0 Å². The average Bonchev–Trinajstić information content (AvgIpc) is 2.62. The van der Waals surface area contributed by atoms with Crippen molar-refractivity contribution in [2.24, 2.45) is 5.92 Å². The second-order valence-corrected chi connectivity index (χ2v) is 4.57. The molecule has 0 spiro atoms. The smallest absolute Gasteiger partial charge is 0.0490 e. The van der Waals surface area contributed by atoms with Gasteiger partial charge in [0, 0.05) is 18.4 Å².